The summed E-state index contributed by atoms with van der Waals surface area (Å²) in [5.41, 5.74) is -2.87. The number of carbonyl (C=O) groups excluding carboxylic acids is 1. The maximum Gasteiger partial charge on any atom is 0.461 e. The predicted molar refractivity (Wildman–Crippen MR) is 163 cm³/mol. The van der Waals surface area contributed by atoms with E-state index in [1.165, 1.54) is 26.0 Å². The second kappa shape index (κ2) is 17.3. The minimum absolute atomic E-state index is 0.122. The van der Waals surface area contributed by atoms with Crippen molar-refractivity contribution < 1.29 is 81.9 Å². The number of hydrogen-bond donors (Lipinski definition) is 3. The van der Waals surface area contributed by atoms with Crippen LogP contribution in [0.5, 0.6) is 11.5 Å². The molecule has 0 unspecified atom stereocenters. The van der Waals surface area contributed by atoms with Crippen molar-refractivity contribution in [2.45, 2.75) is 81.8 Å². The van der Waals surface area contributed by atoms with Gasteiger partial charge in [-0.1, -0.05) is 18.2 Å². The van der Waals surface area contributed by atoms with Gasteiger partial charge in [0.25, 0.3) is 0 Å². The third kappa shape index (κ3) is 13.0. The second-order valence-corrected chi connectivity index (χ2v) is 12.2. The zero-order chi connectivity index (χ0) is 39.9. The van der Waals surface area contributed by atoms with E-state index in [0.717, 1.165) is 30.3 Å². The number of halogens is 12. The molecule has 0 radical (unpaired) electrons. The Hall–Kier alpha value is -4.23. The number of aliphatic hydroxyl groups excluding tert-OH is 2. The summed E-state index contributed by atoms with van der Waals surface area (Å²) in [4.78, 5) is 12.5. The summed E-state index contributed by atoms with van der Waals surface area (Å²) in [6, 6.07) is 9.30. The molecule has 19 heteroatoms. The van der Waals surface area contributed by atoms with Crippen LogP contribution in [-0.4, -0.2) is 72.5 Å². The van der Waals surface area contributed by atoms with Crippen LogP contribution in [0.4, 0.5) is 52.7 Å². The largest absolute Gasteiger partial charge is 0.488 e. The number of carbonyl (C=O) groups is 1. The minimum Gasteiger partial charge on any atom is -0.488 e. The highest BCUT2D eigenvalue weighted by Gasteiger charge is 2.45. The number of ether oxygens (including phenoxy) is 3. The van der Waals surface area contributed by atoms with E-state index in [-0.39, 0.29) is 16.7 Å². The van der Waals surface area contributed by atoms with Gasteiger partial charge in [0, 0.05) is 12.6 Å². The Kier molecular flexibility index (Phi) is 14.1. The molecule has 3 N–H and O–H groups in total. The Morgan fingerprint density at radius 3 is 1.96 bits per heavy atom. The summed E-state index contributed by atoms with van der Waals surface area (Å²) in [5, 5.41) is 22.5. The highest BCUT2D eigenvalue weighted by atomic mass is 19.4. The maximum atomic E-state index is 15.1. The van der Waals surface area contributed by atoms with Gasteiger partial charge >= 0.3 is 30.9 Å². The molecule has 3 rings (SSSR count). The van der Waals surface area contributed by atoms with Gasteiger partial charge in [0.2, 0.25) is 0 Å². The first kappa shape index (κ1) is 43.2. The summed E-state index contributed by atoms with van der Waals surface area (Å²) in [6.07, 6.45) is -28.0. The fraction of sp³-hybridized carbons (Fsp3) is 0.441. The fourth-order valence-electron chi connectivity index (χ4n) is 5.10. The molecule has 0 aliphatic carbocycles. The van der Waals surface area contributed by atoms with E-state index in [2.05, 4.69) is 10.1 Å². The fourth-order valence-corrected chi connectivity index (χ4v) is 5.10. The molecule has 0 saturated carbocycles. The predicted octanol–water partition coefficient (Wildman–Crippen LogP) is 7.85. The molecular formula is C34H33F12NO6. The standard InChI is InChI=1S/C34H33F12NO6/c1-18(2)52-28-11-21(7-8-27(28)36)31(47-16-24(48)14-32(39,40)41,22-9-23(35)12-26(10-22)53-34(45,46)30(37)38)13-19-3-5-20(6-4-19)29(50)51-17-25(49)15-33(42,43)44/h3-12,18,24-25,30,47-49H,13-17H2,1-2H3/t24-,25-,31+/m1/s1. The van der Waals surface area contributed by atoms with E-state index < -0.39 is 116 Å². The highest BCUT2D eigenvalue weighted by molar-refractivity contribution is 5.89. The molecule has 0 aromatic heterocycles. The molecule has 0 spiro atoms. The van der Waals surface area contributed by atoms with Crippen LogP contribution in [-0.2, 0) is 16.7 Å². The molecule has 3 aromatic rings. The normalized spacial score (nSPS) is 14.9. The van der Waals surface area contributed by atoms with E-state index >= 15 is 4.39 Å². The van der Waals surface area contributed by atoms with Crippen molar-refractivity contribution in [2.75, 3.05) is 13.2 Å². The molecule has 0 bridgehead atoms. The Morgan fingerprint density at radius 2 is 1.40 bits per heavy atom. The monoisotopic (exact) mass is 779 g/mol. The summed E-state index contributed by atoms with van der Waals surface area (Å²) >= 11 is 0. The first-order chi connectivity index (χ1) is 24.4. The summed E-state index contributed by atoms with van der Waals surface area (Å²) in [6.45, 7) is 1.08. The Morgan fingerprint density at radius 1 is 0.792 bits per heavy atom. The van der Waals surface area contributed by atoms with E-state index in [1.54, 1.807) is 0 Å². The number of alkyl halides is 10. The molecule has 0 amide bonds. The van der Waals surface area contributed by atoms with Gasteiger partial charge in [-0.25, -0.2) is 13.6 Å². The lowest BCUT2D eigenvalue weighted by molar-refractivity contribution is -0.253. The van der Waals surface area contributed by atoms with Gasteiger partial charge in [-0.3, -0.25) is 0 Å². The SMILES string of the molecule is CC(C)Oc1cc([C@](Cc2ccc(C(=O)OC[C@H](O)CC(F)(F)F)cc2)(NC[C@H](O)CC(F)(F)F)c2cc(F)cc(OC(F)(F)C(F)F)c2)ccc1F. The topological polar surface area (TPSA) is 97.3 Å². The lowest BCUT2D eigenvalue weighted by Crippen LogP contribution is -2.49. The van der Waals surface area contributed by atoms with Gasteiger partial charge in [-0.2, -0.15) is 43.9 Å². The molecule has 0 fully saturated rings. The Bertz CT molecular complexity index is 1670. The van der Waals surface area contributed by atoms with Gasteiger partial charge in [0.15, 0.2) is 11.6 Å². The molecule has 0 saturated heterocycles. The minimum atomic E-state index is -5.13. The van der Waals surface area contributed by atoms with Crippen molar-refractivity contribution >= 4 is 5.97 Å². The van der Waals surface area contributed by atoms with Crippen LogP contribution in [0.15, 0.2) is 60.7 Å². The van der Waals surface area contributed by atoms with Gasteiger partial charge in [0.1, 0.15) is 18.2 Å². The number of benzene rings is 3. The zero-order valence-electron chi connectivity index (χ0n) is 27.7. The lowest BCUT2D eigenvalue weighted by atomic mass is 9.77. The lowest BCUT2D eigenvalue weighted by Gasteiger charge is -2.38. The van der Waals surface area contributed by atoms with Crippen LogP contribution < -0.4 is 14.8 Å². The Labute approximate surface area is 294 Å². The highest BCUT2D eigenvalue weighted by Crippen LogP contribution is 2.40. The van der Waals surface area contributed by atoms with E-state index in [1.807, 2.05) is 0 Å². The first-order valence-electron chi connectivity index (χ1n) is 15.5. The number of nitrogens with one attached hydrogen (secondary N) is 1. The smallest absolute Gasteiger partial charge is 0.461 e. The maximum absolute atomic E-state index is 15.1. The van der Waals surface area contributed by atoms with Crippen molar-refractivity contribution in [3.63, 3.8) is 0 Å². The second-order valence-electron chi connectivity index (χ2n) is 12.2. The quantitative estimate of drug-likeness (QED) is 0.0950. The van der Waals surface area contributed by atoms with Crippen LogP contribution in [0.2, 0.25) is 0 Å². The molecule has 7 nitrogen and oxygen atoms in total. The van der Waals surface area contributed by atoms with Crippen molar-refractivity contribution in [3.05, 3.63) is 94.6 Å². The molecule has 3 atom stereocenters. The molecule has 0 heterocycles. The van der Waals surface area contributed by atoms with E-state index in [9.17, 15) is 63.3 Å². The van der Waals surface area contributed by atoms with Crippen LogP contribution >= 0.6 is 0 Å². The van der Waals surface area contributed by atoms with Crippen molar-refractivity contribution in [1.82, 2.24) is 5.32 Å². The zero-order valence-corrected chi connectivity index (χ0v) is 27.7. The summed E-state index contributed by atoms with van der Waals surface area (Å²) < 4.78 is 175. The number of hydrogen-bond acceptors (Lipinski definition) is 7. The van der Waals surface area contributed by atoms with Crippen LogP contribution in [0, 0.1) is 11.6 Å². The van der Waals surface area contributed by atoms with E-state index in [0.29, 0.717) is 18.2 Å². The average Bonchev–Trinajstić information content (AvgIpc) is 3.01. The van der Waals surface area contributed by atoms with Crippen molar-refractivity contribution in [3.8, 4) is 11.5 Å². The first-order valence-corrected chi connectivity index (χ1v) is 15.5. The molecule has 0 aliphatic heterocycles. The average molecular weight is 780 g/mol. The van der Waals surface area contributed by atoms with Crippen molar-refractivity contribution in [2.24, 2.45) is 0 Å². The number of esters is 1. The van der Waals surface area contributed by atoms with Gasteiger partial charge in [-0.05, 0) is 73.4 Å². The molecular weight excluding hydrogens is 746 g/mol. The van der Waals surface area contributed by atoms with Gasteiger partial charge < -0.3 is 29.7 Å². The number of aliphatic hydroxyl groups is 2. The molecule has 0 aliphatic rings. The number of rotatable bonds is 17. The third-order valence-electron chi connectivity index (χ3n) is 7.30. The van der Waals surface area contributed by atoms with Gasteiger partial charge in [-0.15, -0.1) is 0 Å². The molecule has 3 aromatic carbocycles. The Balaban J connectivity index is 2.19. The van der Waals surface area contributed by atoms with E-state index in [4.69, 9.17) is 9.47 Å². The van der Waals surface area contributed by atoms with Crippen LogP contribution in [0.1, 0.15) is 53.7 Å². The third-order valence-corrected chi connectivity index (χ3v) is 7.30. The van der Waals surface area contributed by atoms with Gasteiger partial charge in [0.05, 0.1) is 42.3 Å². The summed E-state index contributed by atoms with van der Waals surface area (Å²) in [7, 11) is 0. The van der Waals surface area contributed by atoms with Crippen molar-refractivity contribution in [1.29, 1.82) is 0 Å². The molecule has 294 valence electrons. The van der Waals surface area contributed by atoms with Crippen LogP contribution in [0.3, 0.4) is 0 Å². The molecule has 53 heavy (non-hydrogen) atoms. The summed E-state index contributed by atoms with van der Waals surface area (Å²) in [5.74, 6) is -5.03. The van der Waals surface area contributed by atoms with Crippen LogP contribution in [0.25, 0.3) is 0 Å².